The van der Waals surface area contributed by atoms with Crippen LogP contribution >= 0.6 is 0 Å². The third-order valence-corrected chi connectivity index (χ3v) is 10.1. The van der Waals surface area contributed by atoms with Crippen molar-refractivity contribution in [2.24, 2.45) is 16.7 Å². The van der Waals surface area contributed by atoms with Crippen LogP contribution in [0.5, 0.6) is 0 Å². The number of aliphatic hydroxyl groups is 3. The molecular formula is C28H45NO7. The fourth-order valence-electron chi connectivity index (χ4n) is 8.05. The molecule has 2 heterocycles. The standard InChI is InChI=1S/C28H45NO7/c1-7-25(4)17-19(31)28(34)26(5)18(30)11-13-24(2,3)22(26)21(23(33)27(28,6)36-25)35-20(32)12-16-29-14-9-8-10-15-29/h7,18,21-23,30,33-34H,1,8-17H2,2-6H3/t18-,21?,22?,23?,25-,26?,27+,28-/m0/s1. The second-order valence-electron chi connectivity index (χ2n) is 12.9. The molecular weight excluding hydrogens is 462 g/mol. The van der Waals surface area contributed by atoms with E-state index >= 15 is 0 Å². The quantitative estimate of drug-likeness (QED) is 0.384. The number of Topliss-reactive ketones (excluding diaryl/α,β-unsaturated/α-hetero) is 1. The van der Waals surface area contributed by atoms with Crippen LogP contribution in [-0.4, -0.2) is 86.7 Å². The van der Waals surface area contributed by atoms with Crippen LogP contribution in [-0.2, 0) is 19.1 Å². The molecule has 2 saturated carbocycles. The van der Waals surface area contributed by atoms with Gasteiger partial charge in [0.2, 0.25) is 0 Å². The van der Waals surface area contributed by atoms with Crippen LogP contribution in [0, 0.1) is 16.7 Å². The Hall–Kier alpha value is -1.32. The molecule has 0 aromatic rings. The summed E-state index contributed by atoms with van der Waals surface area (Å²) in [6, 6.07) is 0. The monoisotopic (exact) mass is 507 g/mol. The molecule has 0 aromatic heterocycles. The Morgan fingerprint density at radius 2 is 1.81 bits per heavy atom. The van der Waals surface area contributed by atoms with Gasteiger partial charge in [0, 0.05) is 24.3 Å². The van der Waals surface area contributed by atoms with E-state index < -0.39 is 63.6 Å². The lowest BCUT2D eigenvalue weighted by Gasteiger charge is -2.71. The van der Waals surface area contributed by atoms with E-state index in [2.05, 4.69) is 11.5 Å². The second kappa shape index (κ2) is 9.16. The number of carbonyl (C=O) groups excluding carboxylic acids is 2. The maximum atomic E-state index is 13.8. The van der Waals surface area contributed by atoms with Crippen LogP contribution in [0.25, 0.3) is 0 Å². The van der Waals surface area contributed by atoms with E-state index in [-0.39, 0.29) is 12.8 Å². The molecule has 204 valence electrons. The maximum Gasteiger partial charge on any atom is 0.307 e. The first-order chi connectivity index (χ1) is 16.7. The summed E-state index contributed by atoms with van der Waals surface area (Å²) >= 11 is 0. The van der Waals surface area contributed by atoms with Crippen LogP contribution in [0.3, 0.4) is 0 Å². The Kier molecular flexibility index (Phi) is 7.05. The summed E-state index contributed by atoms with van der Waals surface area (Å²) in [6.07, 6.45) is 2.33. The van der Waals surface area contributed by atoms with Crippen molar-refractivity contribution in [3.8, 4) is 0 Å². The Bertz CT molecular complexity index is 900. The molecule has 0 bridgehead atoms. The third-order valence-electron chi connectivity index (χ3n) is 10.1. The molecule has 3 N–H and O–H groups in total. The summed E-state index contributed by atoms with van der Waals surface area (Å²) in [5.41, 5.74) is -7.10. The molecule has 36 heavy (non-hydrogen) atoms. The van der Waals surface area contributed by atoms with Crippen molar-refractivity contribution in [1.82, 2.24) is 4.90 Å². The Balaban J connectivity index is 1.74. The molecule has 0 radical (unpaired) electrons. The highest BCUT2D eigenvalue weighted by Crippen LogP contribution is 2.67. The number of likely N-dealkylation sites (tertiary alicyclic amines) is 1. The van der Waals surface area contributed by atoms with Gasteiger partial charge in [-0.2, -0.15) is 0 Å². The third kappa shape index (κ3) is 3.90. The number of carbonyl (C=O) groups is 2. The van der Waals surface area contributed by atoms with Gasteiger partial charge >= 0.3 is 5.97 Å². The van der Waals surface area contributed by atoms with E-state index in [4.69, 9.17) is 9.47 Å². The van der Waals surface area contributed by atoms with Crippen LogP contribution in [0.4, 0.5) is 0 Å². The number of rotatable bonds is 5. The topological polar surface area (TPSA) is 117 Å². The fourth-order valence-corrected chi connectivity index (χ4v) is 8.05. The lowest BCUT2D eigenvalue weighted by Crippen LogP contribution is -2.86. The highest BCUT2D eigenvalue weighted by atomic mass is 16.6. The average molecular weight is 508 g/mol. The molecule has 8 atom stereocenters. The minimum atomic E-state index is -2.19. The molecule has 4 aliphatic rings. The largest absolute Gasteiger partial charge is 0.459 e. The number of nitrogens with zero attached hydrogens (tertiary/aromatic N) is 1. The number of hydrogen-bond donors (Lipinski definition) is 3. The number of ether oxygens (including phenoxy) is 2. The Morgan fingerprint density at radius 3 is 2.42 bits per heavy atom. The molecule has 0 aromatic carbocycles. The van der Waals surface area contributed by atoms with Crippen LogP contribution < -0.4 is 0 Å². The summed E-state index contributed by atoms with van der Waals surface area (Å²) in [4.78, 5) is 29.2. The predicted octanol–water partition coefficient (Wildman–Crippen LogP) is 2.38. The highest BCUT2D eigenvalue weighted by Gasteiger charge is 2.81. The highest BCUT2D eigenvalue weighted by molar-refractivity contribution is 5.92. The van der Waals surface area contributed by atoms with Gasteiger partial charge in [-0.3, -0.25) is 9.59 Å². The molecule has 4 unspecified atom stereocenters. The first kappa shape index (κ1) is 27.7. The van der Waals surface area contributed by atoms with Crippen molar-refractivity contribution in [2.75, 3.05) is 19.6 Å². The Labute approximate surface area is 215 Å². The van der Waals surface area contributed by atoms with E-state index in [9.17, 15) is 24.9 Å². The molecule has 2 aliphatic carbocycles. The first-order valence-corrected chi connectivity index (χ1v) is 13.5. The van der Waals surface area contributed by atoms with Crippen LogP contribution in [0.1, 0.15) is 79.6 Å². The molecule has 0 spiro atoms. The van der Waals surface area contributed by atoms with Crippen molar-refractivity contribution in [3.63, 3.8) is 0 Å². The first-order valence-electron chi connectivity index (χ1n) is 13.5. The molecule has 4 rings (SSSR count). The minimum Gasteiger partial charge on any atom is -0.459 e. The van der Waals surface area contributed by atoms with Gasteiger partial charge in [0.1, 0.15) is 17.8 Å². The molecule has 0 amide bonds. The summed E-state index contributed by atoms with van der Waals surface area (Å²) in [7, 11) is 0. The van der Waals surface area contributed by atoms with Gasteiger partial charge in [-0.05, 0) is 58.0 Å². The number of fused-ring (bicyclic) bond motifs is 3. The lowest BCUT2D eigenvalue weighted by molar-refractivity contribution is -0.370. The predicted molar refractivity (Wildman–Crippen MR) is 134 cm³/mol. The van der Waals surface area contributed by atoms with E-state index in [1.54, 1.807) is 13.8 Å². The van der Waals surface area contributed by atoms with Crippen LogP contribution in [0.2, 0.25) is 0 Å². The minimum absolute atomic E-state index is 0.134. The number of ketones is 1. The molecule has 4 fully saturated rings. The molecule has 2 saturated heterocycles. The molecule has 8 nitrogen and oxygen atoms in total. The van der Waals surface area contributed by atoms with Gasteiger partial charge < -0.3 is 29.7 Å². The van der Waals surface area contributed by atoms with Crippen molar-refractivity contribution in [3.05, 3.63) is 12.7 Å². The summed E-state index contributed by atoms with van der Waals surface area (Å²) in [5.74, 6) is -1.62. The van der Waals surface area contributed by atoms with Gasteiger partial charge in [0.15, 0.2) is 11.4 Å². The smallest absolute Gasteiger partial charge is 0.307 e. The van der Waals surface area contributed by atoms with Crippen molar-refractivity contribution < 1.29 is 34.4 Å². The van der Waals surface area contributed by atoms with Gasteiger partial charge in [-0.25, -0.2) is 0 Å². The summed E-state index contributed by atoms with van der Waals surface area (Å²) in [6.45, 7) is 15.1. The number of aliphatic hydroxyl groups excluding tert-OH is 2. The SMILES string of the molecule is C=C[C@@]1(C)CC(=O)[C@]2(O)C3(C)C(C(OC(=O)CCN4CCCCC4)C(O)[C@@]2(C)O1)C(C)(C)CC[C@@H]3O. The van der Waals surface area contributed by atoms with Gasteiger partial charge in [0.05, 0.1) is 18.1 Å². The van der Waals surface area contributed by atoms with Crippen molar-refractivity contribution in [1.29, 1.82) is 0 Å². The zero-order valence-corrected chi connectivity index (χ0v) is 22.6. The zero-order valence-electron chi connectivity index (χ0n) is 22.6. The van der Waals surface area contributed by atoms with E-state index in [0.29, 0.717) is 19.4 Å². The maximum absolute atomic E-state index is 13.8. The summed E-state index contributed by atoms with van der Waals surface area (Å²) in [5, 5.41) is 35.6. The summed E-state index contributed by atoms with van der Waals surface area (Å²) < 4.78 is 12.4. The van der Waals surface area contributed by atoms with Gasteiger partial charge in [-0.15, -0.1) is 6.58 Å². The zero-order chi connectivity index (χ0) is 26.7. The lowest BCUT2D eigenvalue weighted by atomic mass is 9.40. The van der Waals surface area contributed by atoms with Crippen LogP contribution in [0.15, 0.2) is 12.7 Å². The normalized spacial score (nSPS) is 46.9. The second-order valence-corrected chi connectivity index (χ2v) is 12.9. The molecule has 2 aliphatic heterocycles. The fraction of sp³-hybridized carbons (Fsp3) is 0.857. The van der Waals surface area contributed by atoms with E-state index in [1.165, 1.54) is 19.4 Å². The number of esters is 1. The van der Waals surface area contributed by atoms with Gasteiger partial charge in [-0.1, -0.05) is 33.3 Å². The molecule has 8 heteroatoms. The van der Waals surface area contributed by atoms with Crippen molar-refractivity contribution >= 4 is 11.8 Å². The number of hydrogen-bond acceptors (Lipinski definition) is 8. The van der Waals surface area contributed by atoms with Crippen molar-refractivity contribution in [2.45, 2.75) is 115 Å². The number of piperidine rings is 1. The van der Waals surface area contributed by atoms with Gasteiger partial charge in [0.25, 0.3) is 0 Å². The Morgan fingerprint density at radius 1 is 1.17 bits per heavy atom. The van der Waals surface area contributed by atoms with E-state index in [0.717, 1.165) is 25.9 Å². The average Bonchev–Trinajstić information content (AvgIpc) is 2.82. The van der Waals surface area contributed by atoms with E-state index in [1.807, 2.05) is 13.8 Å².